The summed E-state index contributed by atoms with van der Waals surface area (Å²) in [4.78, 5) is 10.6. The molecule has 0 bridgehead atoms. The fourth-order valence-electron chi connectivity index (χ4n) is 2.39. The van der Waals surface area contributed by atoms with E-state index in [0.29, 0.717) is 29.1 Å². The van der Waals surface area contributed by atoms with E-state index in [2.05, 4.69) is 9.97 Å². The average molecular weight is 324 g/mol. The van der Waals surface area contributed by atoms with Gasteiger partial charge in [-0.05, 0) is 12.1 Å². The maximum absolute atomic E-state index is 12.0. The molecule has 0 saturated carbocycles. The van der Waals surface area contributed by atoms with Gasteiger partial charge in [0.1, 0.15) is 5.37 Å². The largest absolute Gasteiger partial charge is 0.381 e. The minimum Gasteiger partial charge on any atom is -0.381 e. The number of nitrogen functional groups attached to an aromatic ring is 1. The Balaban J connectivity index is 2.11. The molecule has 2 heterocycles. The predicted molar refractivity (Wildman–Crippen MR) is 87.3 cm³/mol. The molecule has 1 saturated heterocycles. The van der Waals surface area contributed by atoms with Gasteiger partial charge in [-0.2, -0.15) is 11.8 Å². The van der Waals surface area contributed by atoms with Crippen LogP contribution in [0.15, 0.2) is 24.3 Å². The number of hydrogen-bond donors (Lipinski definition) is 1. The van der Waals surface area contributed by atoms with Gasteiger partial charge < -0.3 is 10.6 Å². The van der Waals surface area contributed by atoms with E-state index in [1.165, 1.54) is 6.26 Å². The van der Waals surface area contributed by atoms with Gasteiger partial charge in [0.15, 0.2) is 21.5 Å². The van der Waals surface area contributed by atoms with Gasteiger partial charge in [-0.3, -0.25) is 0 Å². The van der Waals surface area contributed by atoms with Crippen LogP contribution in [0, 0.1) is 0 Å². The van der Waals surface area contributed by atoms with Crippen LogP contribution in [-0.4, -0.2) is 48.1 Å². The Morgan fingerprint density at radius 2 is 1.95 bits per heavy atom. The maximum Gasteiger partial charge on any atom is 0.173 e. The lowest BCUT2D eigenvalue weighted by Gasteiger charge is -2.35. The van der Waals surface area contributed by atoms with Gasteiger partial charge in [0.2, 0.25) is 0 Å². The topological polar surface area (TPSA) is 89.2 Å². The molecular weight excluding hydrogens is 308 g/mol. The van der Waals surface area contributed by atoms with Crippen LogP contribution in [0.2, 0.25) is 0 Å². The van der Waals surface area contributed by atoms with Crippen molar-refractivity contribution in [3.63, 3.8) is 0 Å². The second-order valence-electron chi connectivity index (χ2n) is 4.97. The van der Waals surface area contributed by atoms with Crippen molar-refractivity contribution in [1.82, 2.24) is 9.97 Å². The van der Waals surface area contributed by atoms with Crippen LogP contribution in [0.4, 0.5) is 11.6 Å². The summed E-state index contributed by atoms with van der Waals surface area (Å²) >= 11 is 1.63. The highest BCUT2D eigenvalue weighted by molar-refractivity contribution is 8.01. The first kappa shape index (κ1) is 14.4. The zero-order valence-corrected chi connectivity index (χ0v) is 13.2. The second-order valence-corrected chi connectivity index (χ2v) is 8.33. The van der Waals surface area contributed by atoms with E-state index in [1.807, 2.05) is 24.3 Å². The van der Waals surface area contributed by atoms with Crippen molar-refractivity contribution < 1.29 is 8.42 Å². The molecule has 21 heavy (non-hydrogen) atoms. The SMILES string of the molecule is CS(=O)(=O)C1CSCCN1c1nc2ccccc2nc1N. The Hall–Kier alpha value is -1.54. The summed E-state index contributed by atoms with van der Waals surface area (Å²) < 4.78 is 24.0. The number of nitrogens with two attached hydrogens (primary N) is 1. The van der Waals surface area contributed by atoms with Crippen LogP contribution in [0.1, 0.15) is 0 Å². The molecule has 1 unspecified atom stereocenters. The third-order valence-electron chi connectivity index (χ3n) is 3.43. The molecule has 112 valence electrons. The summed E-state index contributed by atoms with van der Waals surface area (Å²) in [5.74, 6) is 2.10. The Kier molecular flexibility index (Phi) is 3.66. The highest BCUT2D eigenvalue weighted by atomic mass is 32.2. The highest BCUT2D eigenvalue weighted by Crippen LogP contribution is 2.29. The molecule has 1 aliphatic rings. The fourth-order valence-corrected chi connectivity index (χ4v) is 5.21. The number of rotatable bonds is 2. The van der Waals surface area contributed by atoms with Crippen LogP contribution >= 0.6 is 11.8 Å². The van der Waals surface area contributed by atoms with E-state index in [1.54, 1.807) is 16.7 Å². The van der Waals surface area contributed by atoms with Crippen LogP contribution in [0.5, 0.6) is 0 Å². The predicted octanol–water partition coefficient (Wildman–Crippen LogP) is 1.14. The normalized spacial score (nSPS) is 19.9. The monoisotopic (exact) mass is 324 g/mol. The number of fused-ring (bicyclic) bond motifs is 1. The minimum absolute atomic E-state index is 0.272. The first-order valence-corrected chi connectivity index (χ1v) is 9.63. The van der Waals surface area contributed by atoms with Crippen molar-refractivity contribution in [2.45, 2.75) is 5.37 Å². The van der Waals surface area contributed by atoms with Crippen LogP contribution in [-0.2, 0) is 9.84 Å². The molecule has 1 aliphatic heterocycles. The smallest absolute Gasteiger partial charge is 0.173 e. The van der Waals surface area contributed by atoms with E-state index in [0.717, 1.165) is 5.75 Å². The molecular formula is C13H16N4O2S2. The van der Waals surface area contributed by atoms with Crippen molar-refractivity contribution in [2.75, 3.05) is 34.9 Å². The number of anilines is 2. The van der Waals surface area contributed by atoms with Crippen molar-refractivity contribution in [2.24, 2.45) is 0 Å². The van der Waals surface area contributed by atoms with E-state index in [-0.39, 0.29) is 5.82 Å². The first-order chi connectivity index (χ1) is 9.97. The first-order valence-electron chi connectivity index (χ1n) is 6.52. The Morgan fingerprint density at radius 3 is 2.62 bits per heavy atom. The number of para-hydroxylation sites is 2. The molecule has 3 rings (SSSR count). The molecule has 1 fully saturated rings. The number of aromatic nitrogens is 2. The zero-order chi connectivity index (χ0) is 15.0. The fraction of sp³-hybridized carbons (Fsp3) is 0.385. The highest BCUT2D eigenvalue weighted by Gasteiger charge is 2.33. The van der Waals surface area contributed by atoms with E-state index < -0.39 is 15.2 Å². The van der Waals surface area contributed by atoms with Crippen LogP contribution < -0.4 is 10.6 Å². The second kappa shape index (κ2) is 5.34. The summed E-state index contributed by atoms with van der Waals surface area (Å²) in [6, 6.07) is 7.42. The number of hydrogen-bond acceptors (Lipinski definition) is 7. The van der Waals surface area contributed by atoms with Gasteiger partial charge in [-0.25, -0.2) is 18.4 Å². The van der Waals surface area contributed by atoms with Crippen LogP contribution in [0.3, 0.4) is 0 Å². The number of thioether (sulfide) groups is 1. The summed E-state index contributed by atoms with van der Waals surface area (Å²) in [7, 11) is -3.21. The van der Waals surface area contributed by atoms with Crippen molar-refractivity contribution in [3.05, 3.63) is 24.3 Å². The quantitative estimate of drug-likeness (QED) is 0.886. The maximum atomic E-state index is 12.0. The third kappa shape index (κ3) is 2.77. The molecule has 0 radical (unpaired) electrons. The summed E-state index contributed by atoms with van der Waals surface area (Å²) in [5.41, 5.74) is 7.43. The van der Waals surface area contributed by atoms with Crippen molar-refractivity contribution in [1.29, 1.82) is 0 Å². The molecule has 1 aromatic heterocycles. The standard InChI is InChI=1S/C13H16N4O2S2/c1-21(18,19)11-8-20-7-6-17(11)13-12(14)15-9-4-2-3-5-10(9)16-13/h2-5,11H,6-8H2,1H3,(H2,14,15). The summed E-state index contributed by atoms with van der Waals surface area (Å²) in [5, 5.41) is -0.603. The molecule has 0 aliphatic carbocycles. The average Bonchev–Trinajstić information content (AvgIpc) is 2.45. The summed E-state index contributed by atoms with van der Waals surface area (Å²) in [6.45, 7) is 0.597. The molecule has 0 amide bonds. The summed E-state index contributed by atoms with van der Waals surface area (Å²) in [6.07, 6.45) is 1.25. The van der Waals surface area contributed by atoms with Gasteiger partial charge >= 0.3 is 0 Å². The molecule has 6 nitrogen and oxygen atoms in total. The van der Waals surface area contributed by atoms with Crippen LogP contribution in [0.25, 0.3) is 11.0 Å². The zero-order valence-electron chi connectivity index (χ0n) is 11.6. The molecule has 8 heteroatoms. The molecule has 1 atom stereocenters. The van der Waals surface area contributed by atoms with Crippen molar-refractivity contribution in [3.8, 4) is 0 Å². The van der Waals surface area contributed by atoms with E-state index in [9.17, 15) is 8.42 Å². The van der Waals surface area contributed by atoms with E-state index in [4.69, 9.17) is 5.73 Å². The lowest BCUT2D eigenvalue weighted by atomic mass is 10.3. The van der Waals surface area contributed by atoms with E-state index >= 15 is 0 Å². The Morgan fingerprint density at radius 1 is 1.29 bits per heavy atom. The van der Waals surface area contributed by atoms with Crippen molar-refractivity contribution >= 4 is 44.3 Å². The molecule has 2 aromatic rings. The third-order valence-corrected chi connectivity index (χ3v) is 6.07. The Bertz CT molecular complexity index is 779. The van der Waals surface area contributed by atoms with Gasteiger partial charge in [-0.15, -0.1) is 0 Å². The minimum atomic E-state index is -3.21. The lowest BCUT2D eigenvalue weighted by Crippen LogP contribution is -2.47. The molecule has 0 spiro atoms. The number of sulfone groups is 1. The molecule has 1 aromatic carbocycles. The van der Waals surface area contributed by atoms with Gasteiger partial charge in [-0.1, -0.05) is 12.1 Å². The van der Waals surface area contributed by atoms with Gasteiger partial charge in [0, 0.05) is 24.3 Å². The molecule has 2 N–H and O–H groups in total. The van der Waals surface area contributed by atoms with Gasteiger partial charge in [0.05, 0.1) is 11.0 Å². The Labute approximate surface area is 127 Å². The van der Waals surface area contributed by atoms with Gasteiger partial charge in [0.25, 0.3) is 0 Å². The lowest BCUT2D eigenvalue weighted by molar-refractivity contribution is 0.584. The number of nitrogens with zero attached hydrogens (tertiary/aromatic N) is 3. The number of benzene rings is 1.